The molecule has 105 valence electrons. The third kappa shape index (κ3) is 15.5. The van der Waals surface area contributed by atoms with E-state index in [1.807, 2.05) is 13.0 Å². The summed E-state index contributed by atoms with van der Waals surface area (Å²) in [6.07, 6.45) is 26.3. The lowest BCUT2D eigenvalue weighted by Crippen LogP contribution is -1.81. The molecule has 18 heavy (non-hydrogen) atoms. The second-order valence-electron chi connectivity index (χ2n) is 5.21. The van der Waals surface area contributed by atoms with Crippen molar-refractivity contribution in [2.75, 3.05) is 0 Å². The molecule has 0 saturated heterocycles. The average Bonchev–Trinajstić information content (AvgIpc) is 2.39. The number of rotatable bonds is 13. The molecule has 0 heterocycles. The van der Waals surface area contributed by atoms with Gasteiger partial charge in [0.05, 0.1) is 0 Å². The Hall–Kier alpha value is -0.520. The van der Waals surface area contributed by atoms with Crippen LogP contribution in [0.15, 0.2) is 18.2 Å². The van der Waals surface area contributed by atoms with Crippen LogP contribution in [0, 0.1) is 6.08 Å². The molecule has 0 saturated carbocycles. The zero-order chi connectivity index (χ0) is 13.3. The predicted octanol–water partition coefficient (Wildman–Crippen LogP) is 6.62. The first kappa shape index (κ1) is 17.5. The molecule has 0 atom stereocenters. The quantitative estimate of drug-likeness (QED) is 0.254. The third-order valence-corrected chi connectivity index (χ3v) is 3.37. The van der Waals surface area contributed by atoms with Crippen molar-refractivity contribution in [3.8, 4) is 0 Å². The van der Waals surface area contributed by atoms with Gasteiger partial charge in [-0.25, -0.2) is 0 Å². The van der Waals surface area contributed by atoms with Crippen LogP contribution in [0.25, 0.3) is 0 Å². The van der Waals surface area contributed by atoms with E-state index in [2.05, 4.69) is 25.2 Å². The van der Waals surface area contributed by atoms with E-state index in [1.54, 1.807) is 0 Å². The van der Waals surface area contributed by atoms with E-state index in [-0.39, 0.29) is 0 Å². The molecule has 0 rings (SSSR count). The maximum absolute atomic E-state index is 3.00. The summed E-state index contributed by atoms with van der Waals surface area (Å²) < 4.78 is 0. The largest absolute Gasteiger partial charge is 0.0845 e. The zero-order valence-electron chi connectivity index (χ0n) is 12.7. The van der Waals surface area contributed by atoms with Gasteiger partial charge in [0.1, 0.15) is 0 Å². The minimum atomic E-state index is 1.23. The minimum absolute atomic E-state index is 1.23. The van der Waals surface area contributed by atoms with Gasteiger partial charge >= 0.3 is 0 Å². The Kier molecular flexibility index (Phi) is 16.0. The van der Waals surface area contributed by atoms with E-state index in [0.29, 0.717) is 0 Å². The van der Waals surface area contributed by atoms with Crippen molar-refractivity contribution < 1.29 is 0 Å². The Morgan fingerprint density at radius 2 is 1.22 bits per heavy atom. The summed E-state index contributed by atoms with van der Waals surface area (Å²) >= 11 is 0. The lowest BCUT2D eigenvalue weighted by atomic mass is 10.1. The Morgan fingerprint density at radius 3 is 1.72 bits per heavy atom. The first-order chi connectivity index (χ1) is 8.91. The van der Waals surface area contributed by atoms with Crippen LogP contribution in [0.4, 0.5) is 0 Å². The molecule has 0 heteroatoms. The van der Waals surface area contributed by atoms with Crippen LogP contribution in [-0.2, 0) is 0 Å². The number of unbranched alkanes of at least 4 members (excludes halogenated alkanes) is 11. The van der Waals surface area contributed by atoms with Crippen LogP contribution in [0.1, 0.15) is 90.9 Å². The van der Waals surface area contributed by atoms with Gasteiger partial charge in [-0.1, -0.05) is 89.4 Å². The van der Waals surface area contributed by atoms with E-state index < -0.39 is 0 Å². The predicted molar refractivity (Wildman–Crippen MR) is 83.7 cm³/mol. The Labute approximate surface area is 116 Å². The van der Waals surface area contributed by atoms with Crippen molar-refractivity contribution in [3.63, 3.8) is 0 Å². The molecule has 1 radical (unpaired) electrons. The molecule has 0 spiro atoms. The SMILES string of the molecule is C/[C]=C/C=CCCCCCCCCCCCCC. The average molecular weight is 249 g/mol. The highest BCUT2D eigenvalue weighted by atomic mass is 14.0. The van der Waals surface area contributed by atoms with Crippen molar-refractivity contribution in [2.45, 2.75) is 90.9 Å². The van der Waals surface area contributed by atoms with Gasteiger partial charge < -0.3 is 0 Å². The van der Waals surface area contributed by atoms with Gasteiger partial charge in [0, 0.05) is 0 Å². The topological polar surface area (TPSA) is 0 Å². The van der Waals surface area contributed by atoms with Crippen LogP contribution in [0.2, 0.25) is 0 Å². The molecular weight excluding hydrogens is 216 g/mol. The Morgan fingerprint density at radius 1 is 0.722 bits per heavy atom. The summed E-state index contributed by atoms with van der Waals surface area (Å²) in [5.74, 6) is 0. The van der Waals surface area contributed by atoms with E-state index >= 15 is 0 Å². The standard InChI is InChI=1S/C18H33/c1-3-5-7-9-11-13-15-17-18-16-14-12-10-8-6-4-2/h6,8,10H,3,5,7,9,11-18H2,1-2H3. The molecule has 0 aromatic heterocycles. The molecule has 0 aromatic rings. The fraction of sp³-hybridized carbons (Fsp3) is 0.778. The highest BCUT2D eigenvalue weighted by Gasteiger charge is 1.92. The Bertz CT molecular complexity index is 188. The second-order valence-corrected chi connectivity index (χ2v) is 5.21. The van der Waals surface area contributed by atoms with Crippen molar-refractivity contribution in [1.29, 1.82) is 0 Å². The number of hydrogen-bond acceptors (Lipinski definition) is 0. The van der Waals surface area contributed by atoms with Crippen LogP contribution in [0.3, 0.4) is 0 Å². The van der Waals surface area contributed by atoms with Gasteiger partial charge in [0.2, 0.25) is 0 Å². The van der Waals surface area contributed by atoms with Gasteiger partial charge in [-0.3, -0.25) is 0 Å². The summed E-state index contributed by atoms with van der Waals surface area (Å²) in [6, 6.07) is 0. The highest BCUT2D eigenvalue weighted by molar-refractivity contribution is 4.97. The molecule has 0 fully saturated rings. The summed E-state index contributed by atoms with van der Waals surface area (Å²) in [5, 5.41) is 0. The van der Waals surface area contributed by atoms with Gasteiger partial charge in [-0.05, 0) is 25.8 Å². The van der Waals surface area contributed by atoms with Crippen LogP contribution in [-0.4, -0.2) is 0 Å². The van der Waals surface area contributed by atoms with Crippen molar-refractivity contribution in [3.05, 3.63) is 24.3 Å². The molecule has 0 N–H and O–H groups in total. The van der Waals surface area contributed by atoms with E-state index in [4.69, 9.17) is 0 Å². The molecule has 0 aliphatic rings. The maximum atomic E-state index is 3.00. The number of hydrogen-bond donors (Lipinski definition) is 0. The van der Waals surface area contributed by atoms with Gasteiger partial charge in [-0.2, -0.15) is 0 Å². The monoisotopic (exact) mass is 249 g/mol. The summed E-state index contributed by atoms with van der Waals surface area (Å²) in [4.78, 5) is 0. The van der Waals surface area contributed by atoms with E-state index in [9.17, 15) is 0 Å². The van der Waals surface area contributed by atoms with Crippen LogP contribution < -0.4 is 0 Å². The van der Waals surface area contributed by atoms with Crippen molar-refractivity contribution in [1.82, 2.24) is 0 Å². The van der Waals surface area contributed by atoms with Crippen LogP contribution in [0.5, 0.6) is 0 Å². The molecule has 0 aromatic carbocycles. The summed E-state index contributed by atoms with van der Waals surface area (Å²) in [5.41, 5.74) is 0. The van der Waals surface area contributed by atoms with E-state index in [1.165, 1.54) is 77.0 Å². The first-order valence-electron chi connectivity index (χ1n) is 8.07. The number of allylic oxidation sites excluding steroid dienone is 4. The van der Waals surface area contributed by atoms with Crippen molar-refractivity contribution >= 4 is 0 Å². The summed E-state index contributed by atoms with van der Waals surface area (Å²) in [6.45, 7) is 4.22. The smallest absolute Gasteiger partial charge is 0.0348 e. The first-order valence-corrected chi connectivity index (χ1v) is 8.07. The van der Waals surface area contributed by atoms with Gasteiger partial charge in [-0.15, -0.1) is 0 Å². The normalized spacial score (nSPS) is 11.9. The fourth-order valence-corrected chi connectivity index (χ4v) is 2.19. The highest BCUT2D eigenvalue weighted by Crippen LogP contribution is 2.11. The fourth-order valence-electron chi connectivity index (χ4n) is 2.19. The molecular formula is C18H33. The Balaban J connectivity index is 2.98. The minimum Gasteiger partial charge on any atom is -0.0845 e. The van der Waals surface area contributed by atoms with Crippen molar-refractivity contribution in [2.24, 2.45) is 0 Å². The van der Waals surface area contributed by atoms with Crippen LogP contribution >= 0.6 is 0 Å². The van der Waals surface area contributed by atoms with E-state index in [0.717, 1.165) is 0 Å². The third-order valence-electron chi connectivity index (χ3n) is 3.37. The molecule has 0 aliphatic carbocycles. The summed E-state index contributed by atoms with van der Waals surface area (Å²) in [7, 11) is 0. The zero-order valence-corrected chi connectivity index (χ0v) is 12.7. The lowest BCUT2D eigenvalue weighted by molar-refractivity contribution is 0.550. The molecule has 0 unspecified atom stereocenters. The maximum Gasteiger partial charge on any atom is -0.0348 e. The van der Waals surface area contributed by atoms with Gasteiger partial charge in [0.25, 0.3) is 0 Å². The molecule has 0 nitrogen and oxygen atoms in total. The molecule has 0 bridgehead atoms. The second kappa shape index (κ2) is 16.5. The van der Waals surface area contributed by atoms with Gasteiger partial charge in [0.15, 0.2) is 0 Å². The lowest BCUT2D eigenvalue weighted by Gasteiger charge is -2.01. The molecule has 0 aliphatic heterocycles. The molecule has 0 amide bonds.